The molecule has 1 aromatic heterocycles. The number of hydrogen-bond donors (Lipinski definition) is 3. The molecule has 162 valence electrons. The van der Waals surface area contributed by atoms with Crippen LogP contribution in [0.3, 0.4) is 0 Å². The van der Waals surface area contributed by atoms with Crippen LogP contribution in [0.4, 0.5) is 0 Å². The first-order valence-electron chi connectivity index (χ1n) is 10.1. The Balaban J connectivity index is 1.39. The Kier molecular flexibility index (Phi) is 7.02. The molecule has 2 amide bonds. The first-order chi connectivity index (χ1) is 14.8. The fraction of sp³-hybridized carbons (Fsp3) is 0.304. The van der Waals surface area contributed by atoms with E-state index in [4.69, 9.17) is 4.74 Å². The van der Waals surface area contributed by atoms with E-state index in [1.165, 1.54) is 5.56 Å². The van der Waals surface area contributed by atoms with Gasteiger partial charge < -0.3 is 15.4 Å². The molecule has 0 bridgehead atoms. The van der Waals surface area contributed by atoms with Gasteiger partial charge in [-0.15, -0.1) is 0 Å². The van der Waals surface area contributed by atoms with Crippen molar-refractivity contribution >= 4 is 28.7 Å². The van der Waals surface area contributed by atoms with Crippen LogP contribution in [0.1, 0.15) is 46.6 Å². The summed E-state index contributed by atoms with van der Waals surface area (Å²) in [6.45, 7) is 5.63. The predicted molar refractivity (Wildman–Crippen MR) is 116 cm³/mol. The standard InChI is InChI=1S/C23H26N4O4/c1-14-8-9-17(12-15(14)2)16(3)25-20(28)13-31-21(29)10-11-24-23(30)22-18-6-4-5-7-19(18)26-27-22/h4-9,12,16H,10-11,13H2,1-3H3,(H,24,30)(H,25,28)(H,26,27). The van der Waals surface area contributed by atoms with E-state index in [-0.39, 0.29) is 43.1 Å². The van der Waals surface area contributed by atoms with Crippen LogP contribution in [0.25, 0.3) is 10.9 Å². The minimum atomic E-state index is -0.568. The zero-order valence-corrected chi connectivity index (χ0v) is 17.8. The Morgan fingerprint density at radius 2 is 1.87 bits per heavy atom. The third kappa shape index (κ3) is 5.69. The number of aromatic amines is 1. The van der Waals surface area contributed by atoms with E-state index in [2.05, 4.69) is 20.8 Å². The SMILES string of the molecule is Cc1ccc(C(C)NC(=O)COC(=O)CCNC(=O)c2n[nH]c3ccccc23)cc1C. The third-order valence-electron chi connectivity index (χ3n) is 5.07. The summed E-state index contributed by atoms with van der Waals surface area (Å²) in [6, 6.07) is 13.1. The lowest BCUT2D eigenvalue weighted by Crippen LogP contribution is -2.32. The second-order valence-electron chi connectivity index (χ2n) is 7.42. The smallest absolute Gasteiger partial charge is 0.308 e. The number of carbonyl (C=O) groups excluding carboxylic acids is 3. The zero-order valence-electron chi connectivity index (χ0n) is 17.8. The molecule has 3 rings (SSSR count). The van der Waals surface area contributed by atoms with Crippen molar-refractivity contribution in [2.75, 3.05) is 13.2 Å². The number of fused-ring (bicyclic) bond motifs is 1. The second-order valence-corrected chi connectivity index (χ2v) is 7.42. The van der Waals surface area contributed by atoms with Crippen molar-refractivity contribution in [2.45, 2.75) is 33.2 Å². The molecular formula is C23H26N4O4. The molecule has 0 saturated heterocycles. The Bertz CT molecular complexity index is 1110. The highest BCUT2D eigenvalue weighted by molar-refractivity contribution is 6.04. The van der Waals surface area contributed by atoms with Gasteiger partial charge in [0.05, 0.1) is 18.0 Å². The molecule has 1 unspecified atom stereocenters. The molecule has 1 atom stereocenters. The van der Waals surface area contributed by atoms with Crippen LogP contribution in [0.2, 0.25) is 0 Å². The van der Waals surface area contributed by atoms with E-state index in [0.717, 1.165) is 16.6 Å². The number of benzene rings is 2. The monoisotopic (exact) mass is 422 g/mol. The summed E-state index contributed by atoms with van der Waals surface area (Å²) in [7, 11) is 0. The largest absolute Gasteiger partial charge is 0.456 e. The number of nitrogens with one attached hydrogen (secondary N) is 3. The number of hydrogen-bond acceptors (Lipinski definition) is 5. The highest BCUT2D eigenvalue weighted by Gasteiger charge is 2.15. The van der Waals surface area contributed by atoms with Crippen LogP contribution in [-0.4, -0.2) is 41.1 Å². The van der Waals surface area contributed by atoms with Crippen LogP contribution in [-0.2, 0) is 14.3 Å². The summed E-state index contributed by atoms with van der Waals surface area (Å²) >= 11 is 0. The summed E-state index contributed by atoms with van der Waals surface area (Å²) < 4.78 is 5.00. The number of amides is 2. The molecule has 0 spiro atoms. The van der Waals surface area contributed by atoms with Crippen LogP contribution in [0, 0.1) is 13.8 Å². The number of aromatic nitrogens is 2. The molecule has 0 aliphatic rings. The molecule has 1 heterocycles. The molecule has 3 N–H and O–H groups in total. The van der Waals surface area contributed by atoms with Gasteiger partial charge in [0.25, 0.3) is 11.8 Å². The molecule has 8 heteroatoms. The van der Waals surface area contributed by atoms with E-state index in [1.54, 1.807) is 6.07 Å². The Hall–Kier alpha value is -3.68. The summed E-state index contributed by atoms with van der Waals surface area (Å²) in [6.07, 6.45) is -0.0475. The van der Waals surface area contributed by atoms with Gasteiger partial charge in [-0.2, -0.15) is 5.10 Å². The molecule has 0 saturated carbocycles. The number of ether oxygens (including phenoxy) is 1. The summed E-state index contributed by atoms with van der Waals surface area (Å²) in [5.74, 6) is -1.34. The summed E-state index contributed by atoms with van der Waals surface area (Å²) in [4.78, 5) is 36.2. The number of carbonyl (C=O) groups is 3. The fourth-order valence-electron chi connectivity index (χ4n) is 3.12. The van der Waals surface area contributed by atoms with Gasteiger partial charge in [0.15, 0.2) is 12.3 Å². The van der Waals surface area contributed by atoms with Crippen LogP contribution >= 0.6 is 0 Å². The van der Waals surface area contributed by atoms with Crippen molar-refractivity contribution in [1.82, 2.24) is 20.8 Å². The molecular weight excluding hydrogens is 396 g/mol. The van der Waals surface area contributed by atoms with Crippen molar-refractivity contribution < 1.29 is 19.1 Å². The summed E-state index contributed by atoms with van der Waals surface area (Å²) in [5.41, 5.74) is 4.34. The summed E-state index contributed by atoms with van der Waals surface area (Å²) in [5, 5.41) is 12.9. The number of nitrogens with zero attached hydrogens (tertiary/aromatic N) is 1. The third-order valence-corrected chi connectivity index (χ3v) is 5.07. The molecule has 0 aliphatic carbocycles. The van der Waals surface area contributed by atoms with Crippen molar-refractivity contribution in [2.24, 2.45) is 0 Å². The van der Waals surface area contributed by atoms with Gasteiger partial charge in [-0.25, -0.2) is 0 Å². The number of esters is 1. The average molecular weight is 422 g/mol. The lowest BCUT2D eigenvalue weighted by Gasteiger charge is -2.15. The lowest BCUT2D eigenvalue weighted by molar-refractivity contribution is -0.148. The van der Waals surface area contributed by atoms with E-state index < -0.39 is 5.97 Å². The number of H-pyrrole nitrogens is 1. The molecule has 8 nitrogen and oxygen atoms in total. The van der Waals surface area contributed by atoms with E-state index in [9.17, 15) is 14.4 Å². The highest BCUT2D eigenvalue weighted by atomic mass is 16.5. The molecule has 3 aromatic rings. The molecule has 31 heavy (non-hydrogen) atoms. The Morgan fingerprint density at radius 1 is 1.10 bits per heavy atom. The van der Waals surface area contributed by atoms with Crippen LogP contribution in [0.5, 0.6) is 0 Å². The minimum absolute atomic E-state index is 0.0475. The van der Waals surface area contributed by atoms with Crippen LogP contribution < -0.4 is 10.6 Å². The van der Waals surface area contributed by atoms with E-state index in [1.807, 2.05) is 57.2 Å². The van der Waals surface area contributed by atoms with Gasteiger partial charge in [0.1, 0.15) is 0 Å². The first-order valence-corrected chi connectivity index (χ1v) is 10.1. The predicted octanol–water partition coefficient (Wildman–Crippen LogP) is 2.72. The van der Waals surface area contributed by atoms with Gasteiger partial charge in [0, 0.05) is 11.9 Å². The minimum Gasteiger partial charge on any atom is -0.456 e. The number of para-hydroxylation sites is 1. The zero-order chi connectivity index (χ0) is 22.4. The highest BCUT2D eigenvalue weighted by Crippen LogP contribution is 2.17. The number of aryl methyl sites for hydroxylation is 2. The van der Waals surface area contributed by atoms with Crippen molar-refractivity contribution in [3.63, 3.8) is 0 Å². The topological polar surface area (TPSA) is 113 Å². The van der Waals surface area contributed by atoms with Gasteiger partial charge in [-0.3, -0.25) is 19.5 Å². The Morgan fingerprint density at radius 3 is 2.65 bits per heavy atom. The fourth-order valence-corrected chi connectivity index (χ4v) is 3.12. The lowest BCUT2D eigenvalue weighted by atomic mass is 10.0. The van der Waals surface area contributed by atoms with Gasteiger partial charge >= 0.3 is 5.97 Å². The number of rotatable bonds is 8. The van der Waals surface area contributed by atoms with Crippen molar-refractivity contribution in [3.05, 3.63) is 64.8 Å². The van der Waals surface area contributed by atoms with E-state index in [0.29, 0.717) is 5.39 Å². The van der Waals surface area contributed by atoms with Crippen LogP contribution in [0.15, 0.2) is 42.5 Å². The van der Waals surface area contributed by atoms with Gasteiger partial charge in [-0.1, -0.05) is 36.4 Å². The van der Waals surface area contributed by atoms with Gasteiger partial charge in [-0.05, 0) is 43.5 Å². The second kappa shape index (κ2) is 9.88. The van der Waals surface area contributed by atoms with Crippen molar-refractivity contribution in [1.29, 1.82) is 0 Å². The maximum absolute atomic E-state index is 12.3. The molecule has 2 aromatic carbocycles. The first kappa shape index (κ1) is 22.0. The maximum Gasteiger partial charge on any atom is 0.308 e. The van der Waals surface area contributed by atoms with Crippen molar-refractivity contribution in [3.8, 4) is 0 Å². The van der Waals surface area contributed by atoms with E-state index >= 15 is 0 Å². The maximum atomic E-state index is 12.3. The van der Waals surface area contributed by atoms with Gasteiger partial charge in [0.2, 0.25) is 0 Å². The molecule has 0 aliphatic heterocycles. The average Bonchev–Trinajstić information content (AvgIpc) is 3.18. The quantitative estimate of drug-likeness (QED) is 0.483. The molecule has 0 fully saturated rings. The normalized spacial score (nSPS) is 11.7. The Labute approximate surface area is 180 Å². The molecule has 0 radical (unpaired) electrons.